The summed E-state index contributed by atoms with van der Waals surface area (Å²) in [6, 6.07) is 13.1. The van der Waals surface area contributed by atoms with Gasteiger partial charge < -0.3 is 16.0 Å². The number of amides is 2. The predicted octanol–water partition coefficient (Wildman–Crippen LogP) is 3.49. The Hall–Kier alpha value is -4.60. The van der Waals surface area contributed by atoms with Crippen LogP contribution in [0.3, 0.4) is 0 Å². The Bertz CT molecular complexity index is 1480. The standard InChI is InChI=1S/C27H26FN7O2/c1-2-22(36)34-12-4-7-21(15-34)35-26-23(25(29)31-16-32-26)24(33-35)18-10-8-17(9-11-18)14-30-27(37)19-5-3-6-20(28)13-19/h2-3,5-6,8-11,13,16,21H,1,4,7,12,14-15H2,(H,30,37)(H2,29,31,32)/t21-/m1/s1. The minimum atomic E-state index is -0.458. The highest BCUT2D eigenvalue weighted by Crippen LogP contribution is 2.33. The lowest BCUT2D eigenvalue weighted by Gasteiger charge is -2.32. The monoisotopic (exact) mass is 499 g/mol. The summed E-state index contributed by atoms with van der Waals surface area (Å²) < 4.78 is 15.2. The molecule has 0 aliphatic carbocycles. The molecule has 0 unspecified atom stereocenters. The number of carbonyl (C=O) groups is 2. The van der Waals surface area contributed by atoms with Crippen molar-refractivity contribution in [2.24, 2.45) is 0 Å². The molecule has 37 heavy (non-hydrogen) atoms. The van der Waals surface area contributed by atoms with Crippen LogP contribution in [0.5, 0.6) is 0 Å². The summed E-state index contributed by atoms with van der Waals surface area (Å²) >= 11 is 0. The second-order valence-electron chi connectivity index (χ2n) is 8.93. The zero-order valence-corrected chi connectivity index (χ0v) is 20.1. The van der Waals surface area contributed by atoms with Crippen molar-refractivity contribution in [2.45, 2.75) is 25.4 Å². The summed E-state index contributed by atoms with van der Waals surface area (Å²) in [5.41, 5.74) is 9.47. The maximum Gasteiger partial charge on any atom is 0.251 e. The molecule has 2 aromatic heterocycles. The highest BCUT2D eigenvalue weighted by molar-refractivity contribution is 5.98. The quantitative estimate of drug-likeness (QED) is 0.392. The third-order valence-corrected chi connectivity index (χ3v) is 6.51. The number of piperidine rings is 1. The van der Waals surface area contributed by atoms with Crippen LogP contribution < -0.4 is 11.1 Å². The lowest BCUT2D eigenvalue weighted by molar-refractivity contribution is -0.127. The molecule has 0 spiro atoms. The molecule has 1 aliphatic heterocycles. The van der Waals surface area contributed by atoms with Crippen LogP contribution in [0.1, 0.15) is 34.8 Å². The number of anilines is 1. The van der Waals surface area contributed by atoms with Crippen LogP contribution in [0.25, 0.3) is 22.3 Å². The molecule has 188 valence electrons. The van der Waals surface area contributed by atoms with E-state index in [-0.39, 0.29) is 30.0 Å². The van der Waals surface area contributed by atoms with Crippen molar-refractivity contribution >= 4 is 28.7 Å². The van der Waals surface area contributed by atoms with Crippen molar-refractivity contribution in [3.8, 4) is 11.3 Å². The van der Waals surface area contributed by atoms with Crippen LogP contribution >= 0.6 is 0 Å². The summed E-state index contributed by atoms with van der Waals surface area (Å²) in [6.07, 6.45) is 4.44. The molecular formula is C27H26FN7O2. The third-order valence-electron chi connectivity index (χ3n) is 6.51. The Kier molecular flexibility index (Phi) is 6.63. The summed E-state index contributed by atoms with van der Waals surface area (Å²) in [5.74, 6) is -0.585. The van der Waals surface area contributed by atoms with E-state index in [4.69, 9.17) is 10.8 Å². The van der Waals surface area contributed by atoms with Crippen molar-refractivity contribution in [1.29, 1.82) is 0 Å². The number of hydrogen-bond donors (Lipinski definition) is 2. The average Bonchev–Trinajstić information content (AvgIpc) is 3.32. The fourth-order valence-electron chi connectivity index (χ4n) is 4.63. The Morgan fingerprint density at radius 2 is 2.00 bits per heavy atom. The lowest BCUT2D eigenvalue weighted by atomic mass is 10.1. The first-order chi connectivity index (χ1) is 17.9. The smallest absolute Gasteiger partial charge is 0.251 e. The molecule has 1 atom stereocenters. The molecular weight excluding hydrogens is 473 g/mol. The molecule has 0 bridgehead atoms. The number of halogens is 1. The molecule has 1 saturated heterocycles. The SMILES string of the molecule is C=CC(=O)N1CCC[C@@H](n2nc(-c3ccc(CNC(=O)c4cccc(F)c4)cc3)c3c(N)ncnc32)C1. The molecule has 2 aromatic carbocycles. The Morgan fingerprint density at radius 1 is 1.19 bits per heavy atom. The number of fused-ring (bicyclic) bond motifs is 1. The van der Waals surface area contributed by atoms with Gasteiger partial charge in [-0.3, -0.25) is 9.59 Å². The first-order valence-electron chi connectivity index (χ1n) is 12.0. The number of nitrogens with one attached hydrogen (secondary N) is 1. The highest BCUT2D eigenvalue weighted by atomic mass is 19.1. The van der Waals surface area contributed by atoms with Crippen molar-refractivity contribution in [2.75, 3.05) is 18.8 Å². The van der Waals surface area contributed by atoms with Gasteiger partial charge in [0.2, 0.25) is 5.91 Å². The van der Waals surface area contributed by atoms with Gasteiger partial charge in [0.05, 0.1) is 11.4 Å². The molecule has 0 saturated carbocycles. The highest BCUT2D eigenvalue weighted by Gasteiger charge is 2.28. The van der Waals surface area contributed by atoms with Crippen LogP contribution in [-0.2, 0) is 11.3 Å². The molecule has 1 aliphatic rings. The second kappa shape index (κ2) is 10.2. The van der Waals surface area contributed by atoms with Gasteiger partial charge in [0.1, 0.15) is 23.7 Å². The molecule has 2 amide bonds. The lowest BCUT2D eigenvalue weighted by Crippen LogP contribution is -2.40. The van der Waals surface area contributed by atoms with E-state index in [0.29, 0.717) is 35.6 Å². The van der Waals surface area contributed by atoms with Crippen molar-refractivity contribution in [3.63, 3.8) is 0 Å². The Morgan fingerprint density at radius 3 is 2.76 bits per heavy atom. The molecule has 10 heteroatoms. The Balaban J connectivity index is 1.39. The van der Waals surface area contributed by atoms with E-state index in [1.54, 1.807) is 11.0 Å². The predicted molar refractivity (Wildman–Crippen MR) is 138 cm³/mol. The van der Waals surface area contributed by atoms with Gasteiger partial charge in [-0.1, -0.05) is 36.9 Å². The van der Waals surface area contributed by atoms with Gasteiger partial charge in [-0.15, -0.1) is 0 Å². The second-order valence-corrected chi connectivity index (χ2v) is 8.93. The summed E-state index contributed by atoms with van der Waals surface area (Å²) in [4.78, 5) is 34.9. The Labute approximate surface area is 212 Å². The van der Waals surface area contributed by atoms with Gasteiger partial charge in [0, 0.05) is 30.8 Å². The number of aromatic nitrogens is 4. The zero-order chi connectivity index (χ0) is 25.9. The fourth-order valence-corrected chi connectivity index (χ4v) is 4.63. The molecule has 3 heterocycles. The minimum absolute atomic E-state index is 0.0551. The van der Waals surface area contributed by atoms with Crippen LogP contribution in [0.2, 0.25) is 0 Å². The van der Waals surface area contributed by atoms with Gasteiger partial charge >= 0.3 is 0 Å². The fraction of sp³-hybridized carbons (Fsp3) is 0.222. The number of nitrogens with two attached hydrogens (primary N) is 1. The summed E-state index contributed by atoms with van der Waals surface area (Å²) in [6.45, 7) is 5.07. The molecule has 0 radical (unpaired) electrons. The first kappa shape index (κ1) is 24.1. The van der Waals surface area contributed by atoms with E-state index in [1.807, 2.05) is 28.9 Å². The van der Waals surface area contributed by atoms with E-state index >= 15 is 0 Å². The number of nitrogen functional groups attached to an aromatic ring is 1. The molecule has 3 N–H and O–H groups in total. The number of nitrogens with zero attached hydrogens (tertiary/aromatic N) is 5. The van der Waals surface area contributed by atoms with E-state index in [1.165, 1.54) is 30.6 Å². The van der Waals surface area contributed by atoms with E-state index in [2.05, 4.69) is 21.9 Å². The number of hydrogen-bond acceptors (Lipinski definition) is 6. The van der Waals surface area contributed by atoms with Gasteiger partial charge in [-0.25, -0.2) is 19.0 Å². The zero-order valence-electron chi connectivity index (χ0n) is 20.1. The summed E-state index contributed by atoms with van der Waals surface area (Å²) in [5, 5.41) is 8.34. The molecule has 4 aromatic rings. The summed E-state index contributed by atoms with van der Waals surface area (Å²) in [7, 11) is 0. The van der Waals surface area contributed by atoms with Crippen LogP contribution in [0, 0.1) is 5.82 Å². The van der Waals surface area contributed by atoms with Gasteiger partial charge in [-0.05, 0) is 42.7 Å². The van der Waals surface area contributed by atoms with Crippen molar-refractivity contribution in [3.05, 3.63) is 84.5 Å². The van der Waals surface area contributed by atoms with Crippen molar-refractivity contribution < 1.29 is 14.0 Å². The molecule has 9 nitrogen and oxygen atoms in total. The minimum Gasteiger partial charge on any atom is -0.383 e. The maximum absolute atomic E-state index is 13.4. The largest absolute Gasteiger partial charge is 0.383 e. The third kappa shape index (κ3) is 4.90. The van der Waals surface area contributed by atoms with Gasteiger partial charge in [0.25, 0.3) is 5.91 Å². The van der Waals surface area contributed by atoms with E-state index in [9.17, 15) is 14.0 Å². The number of likely N-dealkylation sites (tertiary alicyclic amines) is 1. The molecule has 1 fully saturated rings. The molecule has 5 rings (SSSR count). The maximum atomic E-state index is 13.4. The van der Waals surface area contributed by atoms with Crippen LogP contribution in [0.4, 0.5) is 10.2 Å². The average molecular weight is 500 g/mol. The number of carbonyl (C=O) groups excluding carboxylic acids is 2. The normalized spacial score (nSPS) is 15.5. The topological polar surface area (TPSA) is 119 Å². The van der Waals surface area contributed by atoms with Gasteiger partial charge in [-0.2, -0.15) is 5.10 Å². The van der Waals surface area contributed by atoms with Gasteiger partial charge in [0.15, 0.2) is 5.65 Å². The van der Waals surface area contributed by atoms with Crippen molar-refractivity contribution in [1.82, 2.24) is 30.0 Å². The number of rotatable bonds is 6. The van der Waals surface area contributed by atoms with E-state index in [0.717, 1.165) is 24.0 Å². The van der Waals surface area contributed by atoms with Crippen LogP contribution in [0.15, 0.2) is 67.5 Å². The van der Waals surface area contributed by atoms with E-state index < -0.39 is 5.82 Å². The van der Waals surface area contributed by atoms with Crippen LogP contribution in [-0.4, -0.2) is 49.6 Å². The number of benzene rings is 2. The first-order valence-corrected chi connectivity index (χ1v) is 12.0.